The van der Waals surface area contributed by atoms with Crippen molar-refractivity contribution in [3.05, 3.63) is 143 Å². The molecule has 5 nitrogen and oxygen atoms in total. The van der Waals surface area contributed by atoms with Gasteiger partial charge in [-0.15, -0.1) is 0 Å². The third kappa shape index (κ3) is 5.38. The average molecular weight is 597 g/mol. The SMILES string of the molecule is COc1ccccc1/C=C/C=C1\CCC2=C1O[C@@]1(c3cccc4ccccc34)CCC(=O)[C@H](O1)C2/C=C/c1ccccc1OC. The summed E-state index contributed by atoms with van der Waals surface area (Å²) in [4.78, 5) is 13.7. The number of allylic oxidation sites excluding steroid dienone is 3. The number of hydrogen-bond acceptors (Lipinski definition) is 5. The van der Waals surface area contributed by atoms with Gasteiger partial charge in [-0.05, 0) is 46.9 Å². The maximum absolute atomic E-state index is 13.7. The van der Waals surface area contributed by atoms with Crippen molar-refractivity contribution in [3.63, 3.8) is 0 Å². The zero-order valence-electron chi connectivity index (χ0n) is 25.6. The molecule has 0 N–H and O–H groups in total. The maximum Gasteiger partial charge on any atom is 0.239 e. The fourth-order valence-electron chi connectivity index (χ4n) is 6.88. The smallest absolute Gasteiger partial charge is 0.239 e. The highest BCUT2D eigenvalue weighted by Crippen LogP contribution is 2.52. The van der Waals surface area contributed by atoms with Crippen LogP contribution >= 0.6 is 0 Å². The molecule has 1 saturated heterocycles. The summed E-state index contributed by atoms with van der Waals surface area (Å²) in [6.45, 7) is 0. The molecule has 4 aromatic carbocycles. The van der Waals surface area contributed by atoms with Crippen LogP contribution in [0.25, 0.3) is 22.9 Å². The first kappa shape index (κ1) is 28.9. The first-order valence-corrected chi connectivity index (χ1v) is 15.5. The first-order chi connectivity index (χ1) is 22.1. The number of carbonyl (C=O) groups is 1. The Kier molecular flexibility index (Phi) is 7.86. The van der Waals surface area contributed by atoms with Crippen molar-refractivity contribution in [2.45, 2.75) is 37.6 Å². The monoisotopic (exact) mass is 596 g/mol. The molecule has 1 fully saturated rings. The van der Waals surface area contributed by atoms with Gasteiger partial charge in [0.05, 0.1) is 14.2 Å². The molecular formula is C40H36O5. The average Bonchev–Trinajstić information content (AvgIpc) is 3.42. The van der Waals surface area contributed by atoms with E-state index in [1.54, 1.807) is 14.2 Å². The molecule has 0 spiro atoms. The molecule has 0 aromatic heterocycles. The Bertz CT molecular complexity index is 1870. The molecule has 4 aromatic rings. The van der Waals surface area contributed by atoms with Gasteiger partial charge >= 0.3 is 0 Å². The summed E-state index contributed by atoms with van der Waals surface area (Å²) in [5.41, 5.74) is 5.09. The summed E-state index contributed by atoms with van der Waals surface area (Å²) in [5.74, 6) is 1.16. The van der Waals surface area contributed by atoms with Gasteiger partial charge in [-0.2, -0.15) is 0 Å². The van der Waals surface area contributed by atoms with Crippen LogP contribution in [0.1, 0.15) is 42.4 Å². The van der Waals surface area contributed by atoms with Crippen LogP contribution in [0.3, 0.4) is 0 Å². The van der Waals surface area contributed by atoms with E-state index in [9.17, 15) is 4.79 Å². The first-order valence-electron chi connectivity index (χ1n) is 15.5. The van der Waals surface area contributed by atoms with Crippen molar-refractivity contribution >= 4 is 28.7 Å². The lowest BCUT2D eigenvalue weighted by Crippen LogP contribution is -2.46. The second-order valence-corrected chi connectivity index (χ2v) is 11.7. The predicted octanol–water partition coefficient (Wildman–Crippen LogP) is 8.81. The molecule has 2 aliphatic heterocycles. The summed E-state index contributed by atoms with van der Waals surface area (Å²) in [5, 5.41) is 2.18. The highest BCUT2D eigenvalue weighted by atomic mass is 16.7. The van der Waals surface area contributed by atoms with E-state index in [1.165, 1.54) is 0 Å². The second kappa shape index (κ2) is 12.3. The second-order valence-electron chi connectivity index (χ2n) is 11.7. The van der Waals surface area contributed by atoms with E-state index in [-0.39, 0.29) is 11.7 Å². The molecule has 3 aliphatic rings. The van der Waals surface area contributed by atoms with Gasteiger partial charge in [0.2, 0.25) is 5.79 Å². The molecule has 45 heavy (non-hydrogen) atoms. The summed E-state index contributed by atoms with van der Waals surface area (Å²) in [7, 11) is 3.36. The van der Waals surface area contributed by atoms with E-state index in [0.29, 0.717) is 12.8 Å². The third-order valence-electron chi connectivity index (χ3n) is 9.11. The number of benzene rings is 4. The van der Waals surface area contributed by atoms with E-state index in [2.05, 4.69) is 48.6 Å². The van der Waals surface area contributed by atoms with Crippen molar-refractivity contribution in [3.8, 4) is 11.5 Å². The quantitative estimate of drug-likeness (QED) is 0.213. The molecule has 1 unspecified atom stereocenters. The Balaban J connectivity index is 1.36. The Morgan fingerprint density at radius 3 is 2.24 bits per heavy atom. The summed E-state index contributed by atoms with van der Waals surface area (Å²) in [6, 6.07) is 30.4. The Hall–Kier alpha value is -4.87. The molecule has 226 valence electrons. The van der Waals surface area contributed by atoms with Crippen LogP contribution in [0.15, 0.2) is 126 Å². The number of ketones is 1. The van der Waals surface area contributed by atoms with Gasteiger partial charge in [0.15, 0.2) is 5.78 Å². The van der Waals surface area contributed by atoms with Gasteiger partial charge in [-0.25, -0.2) is 0 Å². The predicted molar refractivity (Wildman–Crippen MR) is 178 cm³/mol. The van der Waals surface area contributed by atoms with E-state index < -0.39 is 11.9 Å². The van der Waals surface area contributed by atoms with Gasteiger partial charge in [-0.3, -0.25) is 4.79 Å². The molecule has 0 amide bonds. The summed E-state index contributed by atoms with van der Waals surface area (Å²) < 4.78 is 25.2. The van der Waals surface area contributed by atoms with E-state index in [1.807, 2.05) is 72.8 Å². The van der Waals surface area contributed by atoms with Gasteiger partial charge in [-0.1, -0.05) is 109 Å². The van der Waals surface area contributed by atoms with Crippen molar-refractivity contribution in [2.75, 3.05) is 14.2 Å². The standard InChI is InChI=1S/C40H36O5/c1-42-36-19-7-4-12-28(36)15-9-16-30-22-24-32-33(23-21-29-13-5-8-20-37(29)43-2)39-35(41)25-26-40(45-39,44-38(30)32)34-18-10-14-27-11-3-6-17-31(27)34/h3-21,23,33,39H,22,24-26H2,1-2H3/b15-9+,23-21+,30-16+/t33?,39-,40+/m1/s1. The number of rotatable bonds is 7. The molecule has 0 saturated carbocycles. The number of hydrogen-bond donors (Lipinski definition) is 0. The van der Waals surface area contributed by atoms with Crippen LogP contribution in [-0.2, 0) is 20.1 Å². The maximum atomic E-state index is 13.7. The van der Waals surface area contributed by atoms with Crippen molar-refractivity contribution in [2.24, 2.45) is 5.92 Å². The highest BCUT2D eigenvalue weighted by molar-refractivity contribution is 5.88. The fraction of sp³-hybridized carbons (Fsp3) is 0.225. The van der Waals surface area contributed by atoms with Crippen molar-refractivity contribution in [1.82, 2.24) is 0 Å². The highest BCUT2D eigenvalue weighted by Gasteiger charge is 2.52. The lowest BCUT2D eigenvalue weighted by atomic mass is 9.84. The number of methoxy groups -OCH3 is 2. The topological polar surface area (TPSA) is 54.0 Å². The van der Waals surface area contributed by atoms with Gasteiger partial charge in [0, 0.05) is 35.4 Å². The molecule has 0 radical (unpaired) electrons. The Morgan fingerprint density at radius 2 is 1.47 bits per heavy atom. The molecule has 7 rings (SSSR count). The van der Waals surface area contributed by atoms with Crippen LogP contribution in [0.4, 0.5) is 0 Å². The third-order valence-corrected chi connectivity index (χ3v) is 9.11. The number of Topliss-reactive ketones (excluding diaryl/α,β-unsaturated/α-hetero) is 1. The normalized spacial score (nSPS) is 23.9. The Labute approximate surface area is 264 Å². The number of ether oxygens (including phenoxy) is 4. The summed E-state index contributed by atoms with van der Waals surface area (Å²) in [6.07, 6.45) is 12.1. The van der Waals surface area contributed by atoms with Gasteiger partial charge < -0.3 is 18.9 Å². The van der Waals surface area contributed by atoms with Crippen LogP contribution in [0.2, 0.25) is 0 Å². The van der Waals surface area contributed by atoms with Crippen LogP contribution < -0.4 is 9.47 Å². The Morgan fingerprint density at radius 1 is 0.778 bits per heavy atom. The minimum absolute atomic E-state index is 0.103. The molecule has 5 heteroatoms. The summed E-state index contributed by atoms with van der Waals surface area (Å²) >= 11 is 0. The molecule has 3 atom stereocenters. The van der Waals surface area contributed by atoms with Crippen LogP contribution in [0, 0.1) is 5.92 Å². The van der Waals surface area contributed by atoms with Crippen LogP contribution in [0.5, 0.6) is 11.5 Å². The van der Waals surface area contributed by atoms with Gasteiger partial charge in [0.1, 0.15) is 23.4 Å². The van der Waals surface area contributed by atoms with Crippen LogP contribution in [-0.4, -0.2) is 26.1 Å². The largest absolute Gasteiger partial charge is 0.496 e. The molecule has 2 bridgehead atoms. The zero-order chi connectivity index (χ0) is 30.8. The van der Waals surface area contributed by atoms with Crippen molar-refractivity contribution < 1.29 is 23.7 Å². The van der Waals surface area contributed by atoms with E-state index >= 15 is 0 Å². The van der Waals surface area contributed by atoms with E-state index in [4.69, 9.17) is 18.9 Å². The molecular weight excluding hydrogens is 560 g/mol. The van der Waals surface area contributed by atoms with Crippen molar-refractivity contribution in [1.29, 1.82) is 0 Å². The zero-order valence-corrected chi connectivity index (χ0v) is 25.6. The fourth-order valence-corrected chi connectivity index (χ4v) is 6.88. The van der Waals surface area contributed by atoms with E-state index in [0.717, 1.165) is 68.7 Å². The number of para-hydroxylation sites is 2. The lowest BCUT2D eigenvalue weighted by Gasteiger charge is -2.41. The number of fused-ring (bicyclic) bond motifs is 3. The molecule has 2 heterocycles. The minimum Gasteiger partial charge on any atom is -0.496 e. The minimum atomic E-state index is -1.09. The molecule has 1 aliphatic carbocycles. The number of carbonyl (C=O) groups excluding carboxylic acids is 1. The lowest BCUT2D eigenvalue weighted by molar-refractivity contribution is -0.258. The van der Waals surface area contributed by atoms with Gasteiger partial charge in [0.25, 0.3) is 0 Å².